The van der Waals surface area contributed by atoms with Gasteiger partial charge in [0.2, 0.25) is 5.91 Å². The van der Waals surface area contributed by atoms with E-state index in [1.165, 1.54) is 0 Å². The Morgan fingerprint density at radius 2 is 2.14 bits per heavy atom. The Hall–Kier alpha value is -1.26. The van der Waals surface area contributed by atoms with Gasteiger partial charge in [0, 0.05) is 12.5 Å². The zero-order chi connectivity index (χ0) is 10.6. The molecule has 0 heterocycles. The summed E-state index contributed by atoms with van der Waals surface area (Å²) >= 11 is 0. The van der Waals surface area contributed by atoms with Gasteiger partial charge in [0.25, 0.3) is 0 Å². The summed E-state index contributed by atoms with van der Waals surface area (Å²) < 4.78 is 0. The number of nitrogens with two attached hydrogens (primary N) is 1. The Bertz CT molecular complexity index is 230. The Morgan fingerprint density at radius 3 is 2.71 bits per heavy atom. The molecule has 1 saturated carbocycles. The molecule has 4 N–H and O–H groups in total. The molecule has 0 saturated heterocycles. The van der Waals surface area contributed by atoms with E-state index in [0.717, 1.165) is 25.7 Å². The first kappa shape index (κ1) is 10.8. The largest absolute Gasteiger partial charge is 0.465 e. The smallest absolute Gasteiger partial charge is 0.404 e. The van der Waals surface area contributed by atoms with Gasteiger partial charge in [-0.15, -0.1) is 0 Å². The predicted molar refractivity (Wildman–Crippen MR) is 50.7 cm³/mol. The third-order valence-corrected chi connectivity index (χ3v) is 2.73. The fraction of sp³-hybridized carbons (Fsp3) is 0.778. The van der Waals surface area contributed by atoms with Crippen LogP contribution in [0.4, 0.5) is 4.79 Å². The lowest BCUT2D eigenvalue weighted by molar-refractivity contribution is -0.123. The normalized spacial score (nSPS) is 26.9. The van der Waals surface area contributed by atoms with Crippen LogP contribution in [-0.2, 0) is 4.79 Å². The quantitative estimate of drug-likeness (QED) is 0.621. The summed E-state index contributed by atoms with van der Waals surface area (Å²) in [5, 5.41) is 10.8. The van der Waals surface area contributed by atoms with Crippen molar-refractivity contribution in [3.63, 3.8) is 0 Å². The summed E-state index contributed by atoms with van der Waals surface area (Å²) in [5.74, 6) is -0.0632. The van der Waals surface area contributed by atoms with Crippen molar-refractivity contribution in [1.82, 2.24) is 5.32 Å². The Balaban J connectivity index is 2.32. The van der Waals surface area contributed by atoms with Crippen LogP contribution in [0.1, 0.15) is 25.7 Å². The number of carbonyl (C=O) groups excluding carboxylic acids is 1. The molecule has 0 bridgehead atoms. The zero-order valence-corrected chi connectivity index (χ0v) is 8.03. The van der Waals surface area contributed by atoms with Gasteiger partial charge >= 0.3 is 6.09 Å². The molecule has 1 rings (SSSR count). The second-order valence-corrected chi connectivity index (χ2v) is 3.82. The van der Waals surface area contributed by atoms with Gasteiger partial charge in [-0.25, -0.2) is 4.79 Å². The first-order valence-corrected chi connectivity index (χ1v) is 4.85. The highest BCUT2D eigenvalue weighted by Crippen LogP contribution is 2.28. The van der Waals surface area contributed by atoms with E-state index in [9.17, 15) is 9.59 Å². The van der Waals surface area contributed by atoms with Crippen molar-refractivity contribution in [3.05, 3.63) is 0 Å². The highest BCUT2D eigenvalue weighted by atomic mass is 16.4. The minimum Gasteiger partial charge on any atom is -0.465 e. The van der Waals surface area contributed by atoms with Gasteiger partial charge in [0.15, 0.2) is 0 Å². The summed E-state index contributed by atoms with van der Waals surface area (Å²) in [6.07, 6.45) is 2.49. The molecular weight excluding hydrogens is 184 g/mol. The van der Waals surface area contributed by atoms with Crippen molar-refractivity contribution in [2.75, 3.05) is 6.54 Å². The standard InChI is InChI=1S/C9H16N2O3/c10-8(12)7-3-1-2-6(4-7)5-11-9(13)14/h6-7,11H,1-5H2,(H2,10,12)(H,13,14). The maximum Gasteiger partial charge on any atom is 0.404 e. The van der Waals surface area contributed by atoms with Crippen LogP contribution < -0.4 is 11.1 Å². The molecule has 0 aliphatic heterocycles. The lowest BCUT2D eigenvalue weighted by Crippen LogP contribution is -2.34. The molecule has 1 aliphatic rings. The van der Waals surface area contributed by atoms with Gasteiger partial charge in [0.1, 0.15) is 0 Å². The van der Waals surface area contributed by atoms with E-state index in [4.69, 9.17) is 10.8 Å². The summed E-state index contributed by atoms with van der Waals surface area (Å²) in [7, 11) is 0. The topological polar surface area (TPSA) is 92.4 Å². The molecule has 2 amide bonds. The number of amides is 2. The van der Waals surface area contributed by atoms with Gasteiger partial charge in [-0.1, -0.05) is 6.42 Å². The van der Waals surface area contributed by atoms with E-state index < -0.39 is 6.09 Å². The summed E-state index contributed by atoms with van der Waals surface area (Å²) in [4.78, 5) is 21.2. The van der Waals surface area contributed by atoms with Crippen molar-refractivity contribution in [2.24, 2.45) is 17.6 Å². The molecule has 80 valence electrons. The van der Waals surface area contributed by atoms with Crippen LogP contribution in [0.15, 0.2) is 0 Å². The zero-order valence-electron chi connectivity index (χ0n) is 8.03. The number of hydrogen-bond donors (Lipinski definition) is 3. The maximum atomic E-state index is 10.9. The van der Waals surface area contributed by atoms with Crippen molar-refractivity contribution in [1.29, 1.82) is 0 Å². The molecule has 14 heavy (non-hydrogen) atoms. The second kappa shape index (κ2) is 4.83. The molecule has 1 fully saturated rings. The molecule has 0 aromatic rings. The molecule has 5 heteroatoms. The lowest BCUT2D eigenvalue weighted by atomic mass is 9.81. The summed E-state index contributed by atoms with van der Waals surface area (Å²) in [5.41, 5.74) is 5.21. The van der Waals surface area contributed by atoms with E-state index in [0.29, 0.717) is 6.54 Å². The van der Waals surface area contributed by atoms with Crippen LogP contribution in [0, 0.1) is 11.8 Å². The number of carbonyl (C=O) groups is 2. The monoisotopic (exact) mass is 200 g/mol. The van der Waals surface area contributed by atoms with Gasteiger partial charge < -0.3 is 16.2 Å². The predicted octanol–water partition coefficient (Wildman–Crippen LogP) is 0.546. The van der Waals surface area contributed by atoms with E-state index in [1.54, 1.807) is 0 Å². The minimum absolute atomic E-state index is 0.0654. The molecule has 0 spiro atoms. The first-order chi connectivity index (χ1) is 6.59. The Morgan fingerprint density at radius 1 is 1.43 bits per heavy atom. The third-order valence-electron chi connectivity index (χ3n) is 2.73. The van der Waals surface area contributed by atoms with Crippen LogP contribution in [0.3, 0.4) is 0 Å². The SMILES string of the molecule is NC(=O)C1CCCC(CNC(=O)O)C1. The van der Waals surface area contributed by atoms with Crippen molar-refractivity contribution >= 4 is 12.0 Å². The van der Waals surface area contributed by atoms with Gasteiger partial charge in [0.05, 0.1) is 0 Å². The van der Waals surface area contributed by atoms with Crippen LogP contribution in [-0.4, -0.2) is 23.7 Å². The fourth-order valence-electron chi connectivity index (χ4n) is 1.97. The number of rotatable bonds is 3. The average Bonchev–Trinajstić information content (AvgIpc) is 2.15. The minimum atomic E-state index is -1.01. The summed E-state index contributed by atoms with van der Waals surface area (Å²) in [6.45, 7) is 0.430. The fourth-order valence-corrected chi connectivity index (χ4v) is 1.97. The Kier molecular flexibility index (Phi) is 3.73. The van der Waals surface area contributed by atoms with Crippen molar-refractivity contribution < 1.29 is 14.7 Å². The van der Waals surface area contributed by atoms with Gasteiger partial charge in [-0.05, 0) is 25.2 Å². The average molecular weight is 200 g/mol. The van der Waals surface area contributed by atoms with Crippen molar-refractivity contribution in [2.45, 2.75) is 25.7 Å². The van der Waals surface area contributed by atoms with Crippen LogP contribution >= 0.6 is 0 Å². The molecule has 2 atom stereocenters. The second-order valence-electron chi connectivity index (χ2n) is 3.82. The highest BCUT2D eigenvalue weighted by Gasteiger charge is 2.25. The lowest BCUT2D eigenvalue weighted by Gasteiger charge is -2.26. The van der Waals surface area contributed by atoms with E-state index in [1.807, 2.05) is 0 Å². The number of hydrogen-bond acceptors (Lipinski definition) is 2. The van der Waals surface area contributed by atoms with E-state index in [2.05, 4.69) is 5.32 Å². The molecule has 1 aliphatic carbocycles. The van der Waals surface area contributed by atoms with Gasteiger partial charge in [-0.3, -0.25) is 4.79 Å². The highest BCUT2D eigenvalue weighted by molar-refractivity contribution is 5.76. The molecular formula is C9H16N2O3. The van der Waals surface area contributed by atoms with E-state index >= 15 is 0 Å². The maximum absolute atomic E-state index is 10.9. The third kappa shape index (κ3) is 3.24. The van der Waals surface area contributed by atoms with Crippen LogP contribution in [0.2, 0.25) is 0 Å². The van der Waals surface area contributed by atoms with Crippen molar-refractivity contribution in [3.8, 4) is 0 Å². The Labute approximate surface area is 82.7 Å². The molecule has 2 unspecified atom stereocenters. The number of primary amides is 1. The van der Waals surface area contributed by atoms with E-state index in [-0.39, 0.29) is 17.7 Å². The molecule has 0 aromatic heterocycles. The summed E-state index contributed by atoms with van der Waals surface area (Å²) in [6, 6.07) is 0. The molecule has 0 aromatic carbocycles. The molecule has 5 nitrogen and oxygen atoms in total. The van der Waals surface area contributed by atoms with Crippen LogP contribution in [0.25, 0.3) is 0 Å². The molecule has 0 radical (unpaired) electrons. The van der Waals surface area contributed by atoms with Gasteiger partial charge in [-0.2, -0.15) is 0 Å². The van der Waals surface area contributed by atoms with Crippen LogP contribution in [0.5, 0.6) is 0 Å². The number of carboxylic acid groups (broad SMARTS) is 1. The number of nitrogens with one attached hydrogen (secondary N) is 1. The first-order valence-electron chi connectivity index (χ1n) is 4.85.